The summed E-state index contributed by atoms with van der Waals surface area (Å²) in [5.74, 6) is -0.125. The molecule has 0 aromatic heterocycles. The van der Waals surface area contributed by atoms with Crippen molar-refractivity contribution in [3.05, 3.63) is 95.5 Å². The summed E-state index contributed by atoms with van der Waals surface area (Å²) in [5, 5.41) is 2.89. The maximum atomic E-state index is 13.5. The van der Waals surface area contributed by atoms with Crippen LogP contribution in [0.1, 0.15) is 12.5 Å². The van der Waals surface area contributed by atoms with Crippen LogP contribution < -0.4 is 14.1 Å². The minimum Gasteiger partial charge on any atom is -0.460 e. The van der Waals surface area contributed by atoms with Gasteiger partial charge in [-0.1, -0.05) is 72.3 Å². The number of ether oxygens (including phenoxy) is 1. The van der Waals surface area contributed by atoms with E-state index in [1.807, 2.05) is 30.3 Å². The number of rotatable bonds is 9. The lowest BCUT2D eigenvalue weighted by molar-refractivity contribution is -0.146. The Balaban J connectivity index is 1.73. The number of nitrogens with one attached hydrogen (secondary N) is 1. The Bertz CT molecular complexity index is 1020. The molecular weight excluding hydrogens is 425 g/mol. The van der Waals surface area contributed by atoms with Gasteiger partial charge in [0.25, 0.3) is 0 Å². The number of benzene rings is 3. The molecule has 0 saturated carbocycles. The van der Waals surface area contributed by atoms with E-state index in [0.717, 1.165) is 5.56 Å². The van der Waals surface area contributed by atoms with Crippen molar-refractivity contribution in [2.75, 3.05) is 0 Å². The van der Waals surface area contributed by atoms with Crippen LogP contribution in [0.5, 0.6) is 11.5 Å². The number of halogens is 1. The Hall–Kier alpha value is -2.79. The van der Waals surface area contributed by atoms with Crippen molar-refractivity contribution in [2.45, 2.75) is 19.6 Å². The van der Waals surface area contributed by atoms with Crippen molar-refractivity contribution in [1.82, 2.24) is 5.09 Å². The highest BCUT2D eigenvalue weighted by Gasteiger charge is 2.34. The molecule has 0 spiro atoms. The molecular formula is C22H21ClNO5P. The van der Waals surface area contributed by atoms with Gasteiger partial charge in [-0.15, -0.1) is 0 Å². The van der Waals surface area contributed by atoms with Gasteiger partial charge in [-0.3, -0.25) is 4.79 Å². The van der Waals surface area contributed by atoms with Crippen molar-refractivity contribution in [3.8, 4) is 11.5 Å². The SMILES string of the molecule is C[C@H](N[P@@](=O)(Oc1ccccc1)Oc1ccccc1Cl)C(=O)OCc1ccccc1. The van der Waals surface area contributed by atoms with Crippen LogP contribution in [-0.4, -0.2) is 12.0 Å². The molecule has 0 saturated heterocycles. The van der Waals surface area contributed by atoms with Gasteiger partial charge in [0, 0.05) is 0 Å². The Morgan fingerprint density at radius 2 is 1.53 bits per heavy atom. The lowest BCUT2D eigenvalue weighted by atomic mass is 10.2. The van der Waals surface area contributed by atoms with Crippen molar-refractivity contribution in [3.63, 3.8) is 0 Å². The van der Waals surface area contributed by atoms with Crippen molar-refractivity contribution >= 4 is 25.3 Å². The molecule has 156 valence electrons. The second kappa shape index (κ2) is 10.3. The smallest absolute Gasteiger partial charge is 0.460 e. The van der Waals surface area contributed by atoms with Crippen molar-refractivity contribution in [2.24, 2.45) is 0 Å². The molecule has 8 heteroatoms. The molecule has 0 aliphatic heterocycles. The first-order valence-corrected chi connectivity index (χ1v) is 11.1. The fourth-order valence-electron chi connectivity index (χ4n) is 2.48. The quantitative estimate of drug-likeness (QED) is 0.340. The summed E-state index contributed by atoms with van der Waals surface area (Å²) in [6.45, 7) is 1.62. The third-order valence-corrected chi connectivity index (χ3v) is 5.86. The Morgan fingerprint density at radius 1 is 0.933 bits per heavy atom. The van der Waals surface area contributed by atoms with E-state index in [0.29, 0.717) is 5.75 Å². The molecule has 3 aromatic rings. The average Bonchev–Trinajstić information content (AvgIpc) is 2.75. The number of carbonyl (C=O) groups is 1. The highest BCUT2D eigenvalue weighted by Crippen LogP contribution is 2.47. The first-order chi connectivity index (χ1) is 14.5. The van der Waals surface area contributed by atoms with E-state index in [1.54, 1.807) is 54.6 Å². The summed E-state index contributed by atoms with van der Waals surface area (Å²) in [7, 11) is -4.03. The first kappa shape index (κ1) is 21.9. The standard InChI is InChI=1S/C22H21ClNO5P/c1-17(22(25)27-16-18-10-4-2-5-11-18)24-30(26,28-19-12-6-3-7-13-19)29-21-15-9-8-14-20(21)23/h2-15,17H,16H2,1H3,(H,24,26)/t17-,30+/m0/s1. The number of para-hydroxylation sites is 2. The summed E-state index contributed by atoms with van der Waals surface area (Å²) in [6.07, 6.45) is 0. The zero-order valence-corrected chi connectivity index (χ0v) is 17.9. The second-order valence-electron chi connectivity index (χ2n) is 6.37. The highest BCUT2D eigenvalue weighted by atomic mass is 35.5. The van der Waals surface area contributed by atoms with E-state index < -0.39 is 19.8 Å². The van der Waals surface area contributed by atoms with Crippen molar-refractivity contribution in [1.29, 1.82) is 0 Å². The van der Waals surface area contributed by atoms with Gasteiger partial charge in [-0.05, 0) is 36.8 Å². The van der Waals surface area contributed by atoms with Crippen molar-refractivity contribution < 1.29 is 23.1 Å². The predicted octanol–water partition coefficient (Wildman–Crippen LogP) is 5.63. The normalized spacial score (nSPS) is 13.7. The molecule has 0 radical (unpaired) electrons. The summed E-state index contributed by atoms with van der Waals surface area (Å²) < 4.78 is 30.0. The molecule has 0 aliphatic rings. The Labute approximate surface area is 180 Å². The molecule has 3 rings (SSSR count). The monoisotopic (exact) mass is 445 g/mol. The maximum absolute atomic E-state index is 13.5. The van der Waals surface area contributed by atoms with Crippen LogP contribution >= 0.6 is 19.3 Å². The largest absolute Gasteiger partial charge is 0.513 e. The number of esters is 1. The first-order valence-electron chi connectivity index (χ1n) is 9.22. The van der Waals surface area contributed by atoms with E-state index >= 15 is 0 Å². The molecule has 3 aromatic carbocycles. The lowest BCUT2D eigenvalue weighted by Gasteiger charge is -2.23. The molecule has 0 unspecified atom stereocenters. The third-order valence-electron chi connectivity index (χ3n) is 3.95. The van der Waals surface area contributed by atoms with Gasteiger partial charge in [-0.25, -0.2) is 4.57 Å². The second-order valence-corrected chi connectivity index (χ2v) is 8.39. The predicted molar refractivity (Wildman–Crippen MR) is 116 cm³/mol. The van der Waals surface area contributed by atoms with Gasteiger partial charge in [0.1, 0.15) is 24.1 Å². The minimum absolute atomic E-state index is 0.0981. The molecule has 0 bridgehead atoms. The molecule has 0 amide bonds. The van der Waals surface area contributed by atoms with Crippen LogP contribution in [0.25, 0.3) is 0 Å². The van der Waals surface area contributed by atoms with Crippen LogP contribution in [-0.2, 0) is 20.7 Å². The average molecular weight is 446 g/mol. The van der Waals surface area contributed by atoms with E-state index in [-0.39, 0.29) is 17.4 Å². The zero-order chi connectivity index (χ0) is 21.4. The lowest BCUT2D eigenvalue weighted by Crippen LogP contribution is -2.35. The minimum atomic E-state index is -4.03. The summed E-state index contributed by atoms with van der Waals surface area (Å²) in [6, 6.07) is 23.4. The number of hydrogen-bond donors (Lipinski definition) is 1. The molecule has 0 heterocycles. The van der Waals surface area contributed by atoms with Gasteiger partial charge >= 0.3 is 13.7 Å². The third kappa shape index (κ3) is 6.36. The fourth-order valence-corrected chi connectivity index (χ4v) is 4.25. The van der Waals surface area contributed by atoms with Crippen LogP contribution in [0.2, 0.25) is 5.02 Å². The molecule has 30 heavy (non-hydrogen) atoms. The van der Waals surface area contributed by atoms with Gasteiger partial charge in [0.2, 0.25) is 0 Å². The molecule has 0 fully saturated rings. The van der Waals surface area contributed by atoms with E-state index in [9.17, 15) is 9.36 Å². The van der Waals surface area contributed by atoms with Gasteiger partial charge in [0.05, 0.1) is 5.02 Å². The van der Waals surface area contributed by atoms with Crippen LogP contribution in [0, 0.1) is 0 Å². The van der Waals surface area contributed by atoms with E-state index in [4.69, 9.17) is 25.4 Å². The van der Waals surface area contributed by atoms with E-state index in [2.05, 4.69) is 5.09 Å². The van der Waals surface area contributed by atoms with Crippen LogP contribution in [0.3, 0.4) is 0 Å². The van der Waals surface area contributed by atoms with E-state index in [1.165, 1.54) is 6.92 Å². The number of hydrogen-bond acceptors (Lipinski definition) is 5. The fraction of sp³-hybridized carbons (Fsp3) is 0.136. The molecule has 6 nitrogen and oxygen atoms in total. The summed E-state index contributed by atoms with van der Waals surface area (Å²) in [4.78, 5) is 12.4. The highest BCUT2D eigenvalue weighted by molar-refractivity contribution is 7.52. The Kier molecular flexibility index (Phi) is 7.52. The molecule has 0 aliphatic carbocycles. The topological polar surface area (TPSA) is 73.9 Å². The molecule has 1 N–H and O–H groups in total. The number of carbonyl (C=O) groups excluding carboxylic acids is 1. The van der Waals surface area contributed by atoms with Gasteiger partial charge in [0.15, 0.2) is 0 Å². The summed E-state index contributed by atoms with van der Waals surface area (Å²) >= 11 is 6.13. The zero-order valence-electron chi connectivity index (χ0n) is 16.2. The van der Waals surface area contributed by atoms with Crippen LogP contribution in [0.4, 0.5) is 0 Å². The van der Waals surface area contributed by atoms with Gasteiger partial charge < -0.3 is 13.8 Å². The van der Waals surface area contributed by atoms with Gasteiger partial charge in [-0.2, -0.15) is 5.09 Å². The Morgan fingerprint density at radius 3 is 2.20 bits per heavy atom. The van der Waals surface area contributed by atoms with Crippen LogP contribution in [0.15, 0.2) is 84.9 Å². The summed E-state index contributed by atoms with van der Waals surface area (Å²) in [5.41, 5.74) is 0.842. The maximum Gasteiger partial charge on any atom is 0.513 e. The molecule has 2 atom stereocenters.